The first-order chi connectivity index (χ1) is 6.25. The molecule has 13 heavy (non-hydrogen) atoms. The van der Waals surface area contributed by atoms with Crippen molar-refractivity contribution in [1.29, 1.82) is 0 Å². The van der Waals surface area contributed by atoms with Crippen LogP contribution in [0.1, 0.15) is 25.2 Å². The second-order valence-corrected chi connectivity index (χ2v) is 3.58. The van der Waals surface area contributed by atoms with Gasteiger partial charge in [0.2, 0.25) is 0 Å². The van der Waals surface area contributed by atoms with Crippen molar-refractivity contribution in [2.45, 2.75) is 19.4 Å². The summed E-state index contributed by atoms with van der Waals surface area (Å²) in [5.74, 6) is 0.524. The maximum absolute atomic E-state index is 9.57. The third-order valence-corrected chi connectivity index (χ3v) is 2.23. The molecule has 0 saturated heterocycles. The van der Waals surface area contributed by atoms with E-state index >= 15 is 0 Å². The van der Waals surface area contributed by atoms with Crippen LogP contribution < -0.4 is 0 Å². The van der Waals surface area contributed by atoms with Crippen LogP contribution in [-0.4, -0.2) is 18.3 Å². The molecular formula is C9H13BrO3. The van der Waals surface area contributed by atoms with E-state index in [1.165, 1.54) is 6.26 Å². The summed E-state index contributed by atoms with van der Waals surface area (Å²) >= 11 is 3.27. The molecule has 1 atom stereocenters. The number of halogens is 1. The molecule has 0 aliphatic carbocycles. The van der Waals surface area contributed by atoms with Crippen molar-refractivity contribution < 1.29 is 14.3 Å². The second kappa shape index (κ2) is 5.42. The Hall–Kier alpha value is -0.320. The monoisotopic (exact) mass is 248 g/mol. The first-order valence-electron chi connectivity index (χ1n) is 4.24. The third-order valence-electron chi connectivity index (χ3n) is 1.57. The van der Waals surface area contributed by atoms with Crippen molar-refractivity contribution >= 4 is 15.9 Å². The van der Waals surface area contributed by atoms with Gasteiger partial charge in [-0.2, -0.15) is 0 Å². The number of ether oxygens (including phenoxy) is 1. The molecule has 1 aromatic heterocycles. The van der Waals surface area contributed by atoms with Gasteiger partial charge in [0.1, 0.15) is 11.9 Å². The summed E-state index contributed by atoms with van der Waals surface area (Å²) in [5.41, 5.74) is 0. The van der Waals surface area contributed by atoms with Crippen LogP contribution in [0.15, 0.2) is 21.2 Å². The molecule has 1 rings (SSSR count). The molecule has 0 fully saturated rings. The van der Waals surface area contributed by atoms with Crippen molar-refractivity contribution in [1.82, 2.24) is 0 Å². The van der Waals surface area contributed by atoms with E-state index in [0.29, 0.717) is 12.4 Å². The topological polar surface area (TPSA) is 42.6 Å². The molecule has 1 heterocycles. The fourth-order valence-corrected chi connectivity index (χ4v) is 1.42. The highest BCUT2D eigenvalue weighted by Crippen LogP contribution is 2.24. The Balaban J connectivity index is 2.39. The van der Waals surface area contributed by atoms with Gasteiger partial charge in [-0.15, -0.1) is 0 Å². The molecule has 74 valence electrons. The standard InChI is InChI=1S/C9H13BrO3/c1-2-4-12-6-8(11)9-7(10)3-5-13-9/h3,5,8,11H,2,4,6H2,1H3. The average Bonchev–Trinajstić information content (AvgIpc) is 2.52. The molecule has 0 aliphatic heterocycles. The Bertz CT molecular complexity index is 247. The molecule has 4 heteroatoms. The molecule has 1 N–H and O–H groups in total. The molecule has 0 aromatic carbocycles. The number of furan rings is 1. The SMILES string of the molecule is CCCOCC(O)c1occc1Br. The van der Waals surface area contributed by atoms with Crippen molar-refractivity contribution in [2.24, 2.45) is 0 Å². The maximum atomic E-state index is 9.57. The van der Waals surface area contributed by atoms with Gasteiger partial charge >= 0.3 is 0 Å². The number of hydrogen-bond acceptors (Lipinski definition) is 3. The third kappa shape index (κ3) is 3.14. The minimum Gasteiger partial charge on any atom is -0.465 e. The number of hydrogen-bond donors (Lipinski definition) is 1. The van der Waals surface area contributed by atoms with Crippen molar-refractivity contribution in [3.63, 3.8) is 0 Å². The van der Waals surface area contributed by atoms with Crippen LogP contribution in [0.4, 0.5) is 0 Å². The van der Waals surface area contributed by atoms with E-state index in [2.05, 4.69) is 15.9 Å². The summed E-state index contributed by atoms with van der Waals surface area (Å²) in [7, 11) is 0. The number of aliphatic hydroxyl groups is 1. The van der Waals surface area contributed by atoms with Crippen LogP contribution in [0.2, 0.25) is 0 Å². The van der Waals surface area contributed by atoms with Crippen LogP contribution in [0, 0.1) is 0 Å². The summed E-state index contributed by atoms with van der Waals surface area (Å²) in [5, 5.41) is 9.57. The Kier molecular flexibility index (Phi) is 4.48. The van der Waals surface area contributed by atoms with Gasteiger partial charge in [0, 0.05) is 6.61 Å². The lowest BCUT2D eigenvalue weighted by Crippen LogP contribution is -2.07. The fraction of sp³-hybridized carbons (Fsp3) is 0.556. The highest BCUT2D eigenvalue weighted by atomic mass is 79.9. The van der Waals surface area contributed by atoms with E-state index in [4.69, 9.17) is 9.15 Å². The lowest BCUT2D eigenvalue weighted by molar-refractivity contribution is 0.0248. The highest BCUT2D eigenvalue weighted by molar-refractivity contribution is 9.10. The minimum atomic E-state index is -0.684. The second-order valence-electron chi connectivity index (χ2n) is 2.72. The first-order valence-corrected chi connectivity index (χ1v) is 5.03. The van der Waals surface area contributed by atoms with E-state index in [1.807, 2.05) is 6.92 Å². The molecule has 0 bridgehead atoms. The smallest absolute Gasteiger partial charge is 0.148 e. The van der Waals surface area contributed by atoms with Crippen molar-refractivity contribution in [3.8, 4) is 0 Å². The molecule has 3 nitrogen and oxygen atoms in total. The van der Waals surface area contributed by atoms with Gasteiger partial charge in [-0.05, 0) is 28.4 Å². The minimum absolute atomic E-state index is 0.278. The fourth-order valence-electron chi connectivity index (χ4n) is 0.958. The predicted octanol–water partition coefficient (Wildman–Crippen LogP) is 2.50. The summed E-state index contributed by atoms with van der Waals surface area (Å²) in [4.78, 5) is 0. The normalized spacial score (nSPS) is 13.2. The zero-order valence-electron chi connectivity index (χ0n) is 7.50. The largest absolute Gasteiger partial charge is 0.465 e. The van der Waals surface area contributed by atoms with E-state index in [-0.39, 0.29) is 6.61 Å². The summed E-state index contributed by atoms with van der Waals surface area (Å²) in [6.45, 7) is 2.96. The lowest BCUT2D eigenvalue weighted by Gasteiger charge is -2.08. The van der Waals surface area contributed by atoms with Crippen molar-refractivity contribution in [3.05, 3.63) is 22.6 Å². The lowest BCUT2D eigenvalue weighted by atomic mass is 10.3. The predicted molar refractivity (Wildman–Crippen MR) is 52.5 cm³/mol. The van der Waals surface area contributed by atoms with Gasteiger partial charge in [0.25, 0.3) is 0 Å². The Labute approximate surface area is 85.8 Å². The summed E-state index contributed by atoms with van der Waals surface area (Å²) in [6.07, 6.45) is 1.80. The van der Waals surface area contributed by atoms with Gasteiger partial charge < -0.3 is 14.3 Å². The number of rotatable bonds is 5. The molecule has 0 amide bonds. The molecular weight excluding hydrogens is 236 g/mol. The van der Waals surface area contributed by atoms with Crippen LogP contribution in [0.25, 0.3) is 0 Å². The Morgan fingerprint density at radius 2 is 2.46 bits per heavy atom. The van der Waals surface area contributed by atoms with Crippen LogP contribution >= 0.6 is 15.9 Å². The highest BCUT2D eigenvalue weighted by Gasteiger charge is 2.14. The van der Waals surface area contributed by atoms with E-state index in [0.717, 1.165) is 10.9 Å². The molecule has 1 aromatic rings. The molecule has 1 unspecified atom stereocenters. The zero-order valence-corrected chi connectivity index (χ0v) is 9.08. The quantitative estimate of drug-likeness (QED) is 0.815. The van der Waals surface area contributed by atoms with Crippen molar-refractivity contribution in [2.75, 3.05) is 13.2 Å². The summed E-state index contributed by atoms with van der Waals surface area (Å²) in [6, 6.07) is 1.75. The Morgan fingerprint density at radius 3 is 3.00 bits per heavy atom. The van der Waals surface area contributed by atoms with Gasteiger partial charge in [-0.25, -0.2) is 0 Å². The summed E-state index contributed by atoms with van der Waals surface area (Å²) < 4.78 is 11.1. The first kappa shape index (κ1) is 10.8. The Morgan fingerprint density at radius 1 is 1.69 bits per heavy atom. The van der Waals surface area contributed by atoms with E-state index in [9.17, 15) is 5.11 Å². The molecule has 0 spiro atoms. The molecule has 0 saturated carbocycles. The van der Waals surface area contributed by atoms with E-state index in [1.54, 1.807) is 6.07 Å². The molecule has 0 aliphatic rings. The maximum Gasteiger partial charge on any atom is 0.148 e. The van der Waals surface area contributed by atoms with Gasteiger partial charge in [0.15, 0.2) is 0 Å². The van der Waals surface area contributed by atoms with Gasteiger partial charge in [-0.3, -0.25) is 0 Å². The number of aliphatic hydroxyl groups excluding tert-OH is 1. The van der Waals surface area contributed by atoms with Crippen LogP contribution in [-0.2, 0) is 4.74 Å². The molecule has 0 radical (unpaired) electrons. The van der Waals surface area contributed by atoms with E-state index < -0.39 is 6.10 Å². The van der Waals surface area contributed by atoms with Gasteiger partial charge in [0.05, 0.1) is 17.3 Å². The zero-order chi connectivity index (χ0) is 9.68. The van der Waals surface area contributed by atoms with Crippen LogP contribution in [0.3, 0.4) is 0 Å². The average molecular weight is 249 g/mol. The van der Waals surface area contributed by atoms with Gasteiger partial charge in [-0.1, -0.05) is 6.92 Å². The van der Waals surface area contributed by atoms with Crippen LogP contribution in [0.5, 0.6) is 0 Å².